The van der Waals surface area contributed by atoms with Gasteiger partial charge in [0.15, 0.2) is 0 Å². The van der Waals surface area contributed by atoms with Gasteiger partial charge in [0.2, 0.25) is 11.8 Å². The molecule has 148 valence electrons. The summed E-state index contributed by atoms with van der Waals surface area (Å²) in [5.74, 6) is -0.551. The van der Waals surface area contributed by atoms with Crippen LogP contribution in [0.2, 0.25) is 0 Å². The first kappa shape index (κ1) is 19.1. The van der Waals surface area contributed by atoms with Gasteiger partial charge in [-0.05, 0) is 63.5 Å². The second-order valence-corrected chi connectivity index (χ2v) is 8.82. The Balaban J connectivity index is 1.61. The Labute approximate surface area is 168 Å². The average Bonchev–Trinajstić information content (AvgIpc) is 3.26. The number of aryl methyl sites for hydroxylation is 1. The fraction of sp³-hybridized carbons (Fsp3) is 0.600. The highest BCUT2D eigenvalue weighted by Gasteiger charge is 2.33. The zero-order valence-electron chi connectivity index (χ0n) is 16.0. The predicted octanol–water partition coefficient (Wildman–Crippen LogP) is 2.65. The lowest BCUT2D eigenvalue weighted by Gasteiger charge is -2.28. The van der Waals surface area contributed by atoms with E-state index in [-0.39, 0.29) is 12.0 Å². The number of carbonyl (C=O) groups excluding carboxylic acids is 1. The summed E-state index contributed by atoms with van der Waals surface area (Å²) in [6.45, 7) is 0. The number of thiophene rings is 1. The Morgan fingerprint density at radius 1 is 1.39 bits per heavy atom. The zero-order valence-corrected chi connectivity index (χ0v) is 16.8. The monoisotopic (exact) mass is 399 g/mol. The molecule has 0 aliphatic heterocycles. The van der Waals surface area contributed by atoms with Crippen molar-refractivity contribution in [2.75, 3.05) is 7.05 Å². The third kappa shape index (κ3) is 3.56. The van der Waals surface area contributed by atoms with Crippen molar-refractivity contribution in [1.82, 2.24) is 15.3 Å². The maximum Gasteiger partial charge on any atom is 0.234 e. The Morgan fingerprint density at radius 3 is 2.86 bits per heavy atom. The highest BCUT2D eigenvalue weighted by molar-refractivity contribution is 7.19. The normalized spacial score (nSPS) is 25.2. The fourth-order valence-electron chi connectivity index (χ4n) is 4.51. The molecule has 28 heavy (non-hydrogen) atoms. The van der Waals surface area contributed by atoms with E-state index in [9.17, 15) is 10.1 Å². The molecule has 2 aromatic rings. The molecule has 1 fully saturated rings. The minimum Gasteiger partial charge on any atom is -0.474 e. The molecule has 8 heteroatoms. The number of nitrogens with zero attached hydrogens (tertiary/aromatic N) is 3. The maximum absolute atomic E-state index is 11.6. The van der Waals surface area contributed by atoms with E-state index >= 15 is 0 Å². The molecule has 0 aromatic carbocycles. The number of hydrogen-bond donors (Lipinski definition) is 2. The van der Waals surface area contributed by atoms with Gasteiger partial charge in [0.25, 0.3) is 0 Å². The van der Waals surface area contributed by atoms with Crippen LogP contribution in [0.5, 0.6) is 5.88 Å². The molecular weight excluding hydrogens is 374 g/mol. The van der Waals surface area contributed by atoms with Crippen molar-refractivity contribution in [3.63, 3.8) is 0 Å². The van der Waals surface area contributed by atoms with Gasteiger partial charge < -0.3 is 15.8 Å². The third-order valence-electron chi connectivity index (χ3n) is 6.08. The lowest BCUT2D eigenvalue weighted by Crippen LogP contribution is -2.34. The fourth-order valence-corrected chi connectivity index (χ4v) is 5.74. The van der Waals surface area contributed by atoms with E-state index < -0.39 is 11.8 Å². The van der Waals surface area contributed by atoms with Gasteiger partial charge in [0, 0.05) is 10.9 Å². The minimum absolute atomic E-state index is 0.120. The van der Waals surface area contributed by atoms with Gasteiger partial charge in [-0.3, -0.25) is 4.79 Å². The van der Waals surface area contributed by atoms with Gasteiger partial charge in [-0.1, -0.05) is 0 Å². The van der Waals surface area contributed by atoms with Crippen LogP contribution >= 0.6 is 11.3 Å². The summed E-state index contributed by atoms with van der Waals surface area (Å²) in [4.78, 5) is 22.7. The molecule has 4 rings (SSSR count). The van der Waals surface area contributed by atoms with Crippen molar-refractivity contribution < 1.29 is 9.53 Å². The largest absolute Gasteiger partial charge is 0.474 e. The number of nitriles is 1. The summed E-state index contributed by atoms with van der Waals surface area (Å²) >= 11 is 1.67. The molecule has 1 saturated carbocycles. The first-order valence-corrected chi connectivity index (χ1v) is 10.7. The number of fused-ring (bicyclic) bond motifs is 3. The zero-order chi connectivity index (χ0) is 19.7. The quantitative estimate of drug-likeness (QED) is 0.772. The smallest absolute Gasteiger partial charge is 0.234 e. The topological polar surface area (TPSA) is 114 Å². The summed E-state index contributed by atoms with van der Waals surface area (Å²) in [7, 11) is 2.01. The molecule has 0 spiro atoms. The van der Waals surface area contributed by atoms with Crippen molar-refractivity contribution in [2.45, 2.75) is 63.0 Å². The molecule has 3 N–H and O–H groups in total. The highest BCUT2D eigenvalue weighted by Crippen LogP contribution is 2.48. The lowest BCUT2D eigenvalue weighted by atomic mass is 9.90. The van der Waals surface area contributed by atoms with Crippen LogP contribution in [0, 0.1) is 17.2 Å². The van der Waals surface area contributed by atoms with E-state index in [0.717, 1.165) is 48.7 Å². The number of primary amides is 1. The minimum atomic E-state index is -0.767. The van der Waals surface area contributed by atoms with E-state index in [2.05, 4.69) is 15.3 Å². The number of amides is 1. The van der Waals surface area contributed by atoms with Crippen LogP contribution in [-0.2, 0) is 11.2 Å². The second kappa shape index (κ2) is 8.02. The van der Waals surface area contributed by atoms with Gasteiger partial charge in [-0.2, -0.15) is 5.26 Å². The van der Waals surface area contributed by atoms with E-state index in [1.165, 1.54) is 10.4 Å². The number of ether oxygens (including phenoxy) is 1. The van der Waals surface area contributed by atoms with Gasteiger partial charge >= 0.3 is 0 Å². The van der Waals surface area contributed by atoms with E-state index in [4.69, 9.17) is 10.5 Å². The van der Waals surface area contributed by atoms with Gasteiger partial charge in [-0.25, -0.2) is 9.97 Å². The summed E-state index contributed by atoms with van der Waals surface area (Å²) < 4.78 is 6.34. The van der Waals surface area contributed by atoms with E-state index in [1.54, 1.807) is 17.7 Å². The van der Waals surface area contributed by atoms with Crippen LogP contribution in [0.4, 0.5) is 0 Å². The van der Waals surface area contributed by atoms with Crippen LogP contribution in [-0.4, -0.2) is 35.1 Å². The average molecular weight is 400 g/mol. The Bertz CT molecular complexity index is 913. The molecule has 2 aromatic heterocycles. The first-order valence-electron chi connectivity index (χ1n) is 9.89. The van der Waals surface area contributed by atoms with Crippen LogP contribution in [0.15, 0.2) is 6.33 Å². The molecular formula is C20H25N5O2S. The highest BCUT2D eigenvalue weighted by atomic mass is 32.1. The SMILES string of the molecule is CNC1CCC(Oc2ncnc3sc4c(c23)[C@@H](CC(C#N)C(N)=O)CC4)CC1. The van der Waals surface area contributed by atoms with Crippen LogP contribution in [0.25, 0.3) is 10.2 Å². The van der Waals surface area contributed by atoms with E-state index in [1.807, 2.05) is 13.1 Å². The van der Waals surface area contributed by atoms with Crippen molar-refractivity contribution >= 4 is 27.5 Å². The Kier molecular flexibility index (Phi) is 5.47. The summed E-state index contributed by atoms with van der Waals surface area (Å²) in [5, 5.41) is 13.6. The molecule has 7 nitrogen and oxygen atoms in total. The van der Waals surface area contributed by atoms with Crippen molar-refractivity contribution in [2.24, 2.45) is 11.7 Å². The number of hydrogen-bond acceptors (Lipinski definition) is 7. The lowest BCUT2D eigenvalue weighted by molar-refractivity contribution is -0.120. The van der Waals surface area contributed by atoms with Crippen molar-refractivity contribution in [3.8, 4) is 11.9 Å². The molecule has 1 unspecified atom stereocenters. The summed E-state index contributed by atoms with van der Waals surface area (Å²) in [5.41, 5.74) is 6.56. The summed E-state index contributed by atoms with van der Waals surface area (Å²) in [6, 6.07) is 2.62. The molecule has 0 radical (unpaired) electrons. The Hall–Kier alpha value is -2.24. The van der Waals surface area contributed by atoms with Crippen molar-refractivity contribution in [1.29, 1.82) is 5.26 Å². The van der Waals surface area contributed by atoms with Crippen LogP contribution < -0.4 is 15.8 Å². The van der Waals surface area contributed by atoms with Crippen LogP contribution in [0.1, 0.15) is 54.9 Å². The standard InChI is InChI=1S/C20H25N5O2S/c1-23-13-3-5-14(6-4-13)27-19-17-16-11(8-12(9-21)18(22)26)2-7-15(16)28-20(17)25-10-24-19/h10-14,23H,2-8H2,1H3,(H2,22,26)/t11-,12?,13?,14?/m1/s1. The summed E-state index contributed by atoms with van der Waals surface area (Å²) in [6.07, 6.45) is 8.25. The van der Waals surface area contributed by atoms with Crippen LogP contribution in [0.3, 0.4) is 0 Å². The Morgan fingerprint density at radius 2 is 2.18 bits per heavy atom. The van der Waals surface area contributed by atoms with Gasteiger partial charge in [-0.15, -0.1) is 11.3 Å². The van der Waals surface area contributed by atoms with Crippen molar-refractivity contribution in [3.05, 3.63) is 16.8 Å². The molecule has 0 saturated heterocycles. The number of rotatable bonds is 6. The maximum atomic E-state index is 11.6. The molecule has 2 heterocycles. The molecule has 0 bridgehead atoms. The third-order valence-corrected chi connectivity index (χ3v) is 7.25. The molecule has 2 atom stereocenters. The second-order valence-electron chi connectivity index (χ2n) is 7.73. The van der Waals surface area contributed by atoms with Gasteiger partial charge in [0.05, 0.1) is 11.5 Å². The number of nitrogens with one attached hydrogen (secondary N) is 1. The van der Waals surface area contributed by atoms with E-state index in [0.29, 0.717) is 18.3 Å². The molecule has 2 aliphatic carbocycles. The first-order chi connectivity index (χ1) is 13.6. The van der Waals surface area contributed by atoms with Gasteiger partial charge in [0.1, 0.15) is 23.2 Å². The number of nitrogens with two attached hydrogens (primary N) is 1. The molecule has 1 amide bonds. The number of aromatic nitrogens is 2. The number of carbonyl (C=O) groups is 1. The predicted molar refractivity (Wildman–Crippen MR) is 107 cm³/mol. The molecule has 2 aliphatic rings.